The third-order valence-electron chi connectivity index (χ3n) is 2.74. The topological polar surface area (TPSA) is 81.1 Å². The first-order valence-electron chi connectivity index (χ1n) is 4.98. The molecule has 80 valence electrons. The normalized spacial score (nSPS) is 17.1. The molecule has 1 amide bonds. The van der Waals surface area contributed by atoms with Crippen molar-refractivity contribution in [2.75, 3.05) is 11.5 Å². The van der Waals surface area contributed by atoms with Crippen LogP contribution in [0.4, 0.5) is 11.4 Å². The molecule has 0 atom stereocenters. The molecule has 0 radical (unpaired) electrons. The third kappa shape index (κ3) is 2.03. The molecule has 1 aromatic rings. The van der Waals surface area contributed by atoms with Gasteiger partial charge in [-0.2, -0.15) is 0 Å². The van der Waals surface area contributed by atoms with E-state index in [1.54, 1.807) is 18.2 Å². The summed E-state index contributed by atoms with van der Waals surface area (Å²) in [6, 6.07) is 4.94. The van der Waals surface area contributed by atoms with E-state index in [9.17, 15) is 4.79 Å². The minimum absolute atomic E-state index is 0.0229. The van der Waals surface area contributed by atoms with Crippen LogP contribution in [-0.4, -0.2) is 11.4 Å². The summed E-state index contributed by atoms with van der Waals surface area (Å²) >= 11 is 0. The Morgan fingerprint density at radius 1 is 1.40 bits per heavy atom. The molecule has 1 saturated carbocycles. The highest BCUT2D eigenvalue weighted by Gasteiger charge is 2.38. The van der Waals surface area contributed by atoms with E-state index in [4.69, 9.17) is 11.5 Å². The fraction of sp³-hybridized carbons (Fsp3) is 0.364. The van der Waals surface area contributed by atoms with E-state index in [1.807, 2.05) is 6.92 Å². The zero-order valence-corrected chi connectivity index (χ0v) is 8.71. The molecule has 1 aromatic carbocycles. The Morgan fingerprint density at radius 3 is 2.60 bits per heavy atom. The van der Waals surface area contributed by atoms with Crippen molar-refractivity contribution in [2.24, 2.45) is 0 Å². The van der Waals surface area contributed by atoms with Crippen LogP contribution in [0.3, 0.4) is 0 Å². The maximum atomic E-state index is 11.8. The Balaban J connectivity index is 2.18. The second kappa shape index (κ2) is 3.15. The average molecular weight is 205 g/mol. The Bertz CT molecular complexity index is 410. The SMILES string of the molecule is CC1(NC(=O)c2ccc(N)cc2N)CC1. The quantitative estimate of drug-likeness (QED) is 0.633. The number of hydrogen-bond acceptors (Lipinski definition) is 3. The van der Waals surface area contributed by atoms with Crippen molar-refractivity contribution in [2.45, 2.75) is 25.3 Å². The van der Waals surface area contributed by atoms with E-state index >= 15 is 0 Å². The summed E-state index contributed by atoms with van der Waals surface area (Å²) in [5.41, 5.74) is 12.7. The lowest BCUT2D eigenvalue weighted by Gasteiger charge is -2.12. The van der Waals surface area contributed by atoms with Crippen LogP contribution >= 0.6 is 0 Å². The molecular weight excluding hydrogens is 190 g/mol. The molecule has 0 heterocycles. The molecule has 0 bridgehead atoms. The summed E-state index contributed by atoms with van der Waals surface area (Å²) in [5.74, 6) is -0.118. The summed E-state index contributed by atoms with van der Waals surface area (Å²) in [6.07, 6.45) is 2.07. The standard InChI is InChI=1S/C11H15N3O/c1-11(4-5-11)14-10(15)8-3-2-7(12)6-9(8)13/h2-3,6H,4-5,12-13H2,1H3,(H,14,15). The summed E-state index contributed by atoms with van der Waals surface area (Å²) in [4.78, 5) is 11.8. The maximum absolute atomic E-state index is 11.8. The molecule has 0 aromatic heterocycles. The van der Waals surface area contributed by atoms with Crippen LogP contribution in [0.25, 0.3) is 0 Å². The van der Waals surface area contributed by atoms with Gasteiger partial charge in [0, 0.05) is 16.9 Å². The van der Waals surface area contributed by atoms with Crippen molar-refractivity contribution < 1.29 is 4.79 Å². The molecule has 2 rings (SSSR count). The predicted molar refractivity (Wildman–Crippen MR) is 60.4 cm³/mol. The molecule has 15 heavy (non-hydrogen) atoms. The first-order chi connectivity index (χ1) is 7.00. The Morgan fingerprint density at radius 2 is 2.07 bits per heavy atom. The van der Waals surface area contributed by atoms with Gasteiger partial charge in [0.25, 0.3) is 5.91 Å². The average Bonchev–Trinajstić information content (AvgIpc) is 2.82. The maximum Gasteiger partial charge on any atom is 0.253 e. The molecule has 5 N–H and O–H groups in total. The van der Waals surface area contributed by atoms with Crippen LogP contribution in [-0.2, 0) is 0 Å². The van der Waals surface area contributed by atoms with E-state index in [1.165, 1.54) is 0 Å². The van der Waals surface area contributed by atoms with Crippen molar-refractivity contribution in [3.63, 3.8) is 0 Å². The van der Waals surface area contributed by atoms with Gasteiger partial charge in [0.15, 0.2) is 0 Å². The Kier molecular flexibility index (Phi) is 2.07. The number of hydrogen-bond donors (Lipinski definition) is 3. The molecule has 0 aliphatic heterocycles. The number of benzene rings is 1. The summed E-state index contributed by atoms with van der Waals surface area (Å²) < 4.78 is 0. The van der Waals surface area contributed by atoms with Crippen LogP contribution in [0.2, 0.25) is 0 Å². The van der Waals surface area contributed by atoms with Crippen molar-refractivity contribution in [1.29, 1.82) is 0 Å². The van der Waals surface area contributed by atoms with Crippen LogP contribution in [0.1, 0.15) is 30.1 Å². The van der Waals surface area contributed by atoms with E-state index in [-0.39, 0.29) is 11.4 Å². The van der Waals surface area contributed by atoms with Crippen LogP contribution in [0.15, 0.2) is 18.2 Å². The third-order valence-corrected chi connectivity index (χ3v) is 2.74. The van der Waals surface area contributed by atoms with Gasteiger partial charge in [-0.05, 0) is 38.0 Å². The van der Waals surface area contributed by atoms with Gasteiger partial charge in [0.1, 0.15) is 0 Å². The molecular formula is C11H15N3O. The van der Waals surface area contributed by atoms with Crippen molar-refractivity contribution >= 4 is 17.3 Å². The molecule has 4 heteroatoms. The van der Waals surface area contributed by atoms with Gasteiger partial charge in [-0.15, -0.1) is 0 Å². The number of nitrogens with two attached hydrogens (primary N) is 2. The van der Waals surface area contributed by atoms with Gasteiger partial charge in [-0.3, -0.25) is 4.79 Å². The lowest BCUT2D eigenvalue weighted by molar-refractivity contribution is 0.0936. The zero-order chi connectivity index (χ0) is 11.1. The second-order valence-electron chi connectivity index (χ2n) is 4.36. The molecule has 1 aliphatic carbocycles. The molecule has 0 unspecified atom stereocenters. The number of carbonyl (C=O) groups excluding carboxylic acids is 1. The fourth-order valence-corrected chi connectivity index (χ4v) is 1.44. The highest BCUT2D eigenvalue weighted by molar-refractivity contribution is 6.00. The van der Waals surface area contributed by atoms with E-state index in [2.05, 4.69) is 5.32 Å². The van der Waals surface area contributed by atoms with Crippen molar-refractivity contribution in [3.8, 4) is 0 Å². The van der Waals surface area contributed by atoms with Crippen molar-refractivity contribution in [3.05, 3.63) is 23.8 Å². The minimum Gasteiger partial charge on any atom is -0.399 e. The smallest absolute Gasteiger partial charge is 0.253 e. The van der Waals surface area contributed by atoms with Crippen LogP contribution in [0.5, 0.6) is 0 Å². The number of carbonyl (C=O) groups is 1. The van der Waals surface area contributed by atoms with Gasteiger partial charge < -0.3 is 16.8 Å². The molecule has 0 spiro atoms. The first kappa shape index (κ1) is 9.83. The number of nitrogens with one attached hydrogen (secondary N) is 1. The zero-order valence-electron chi connectivity index (χ0n) is 8.71. The summed E-state index contributed by atoms with van der Waals surface area (Å²) in [6.45, 7) is 2.03. The van der Waals surface area contributed by atoms with Gasteiger partial charge in [0.2, 0.25) is 0 Å². The Labute approximate surface area is 88.6 Å². The van der Waals surface area contributed by atoms with Gasteiger partial charge >= 0.3 is 0 Å². The number of anilines is 2. The first-order valence-corrected chi connectivity index (χ1v) is 4.98. The summed E-state index contributed by atoms with van der Waals surface area (Å²) in [5, 5.41) is 2.95. The number of rotatable bonds is 2. The highest BCUT2D eigenvalue weighted by atomic mass is 16.1. The second-order valence-corrected chi connectivity index (χ2v) is 4.36. The monoisotopic (exact) mass is 205 g/mol. The number of nitrogen functional groups attached to an aromatic ring is 2. The largest absolute Gasteiger partial charge is 0.399 e. The molecule has 1 aliphatic rings. The minimum atomic E-state index is -0.118. The highest BCUT2D eigenvalue weighted by Crippen LogP contribution is 2.34. The van der Waals surface area contributed by atoms with Gasteiger partial charge in [0.05, 0.1) is 5.56 Å². The van der Waals surface area contributed by atoms with Gasteiger partial charge in [-0.1, -0.05) is 0 Å². The molecule has 0 saturated heterocycles. The lowest BCUT2D eigenvalue weighted by Crippen LogP contribution is -2.34. The molecule has 1 fully saturated rings. The predicted octanol–water partition coefficient (Wildman–Crippen LogP) is 1.13. The Hall–Kier alpha value is -1.71. The molecule has 4 nitrogen and oxygen atoms in total. The number of amides is 1. The van der Waals surface area contributed by atoms with Crippen LogP contribution < -0.4 is 16.8 Å². The van der Waals surface area contributed by atoms with Crippen molar-refractivity contribution in [1.82, 2.24) is 5.32 Å². The van der Waals surface area contributed by atoms with Crippen LogP contribution in [0, 0.1) is 0 Å². The van der Waals surface area contributed by atoms with Gasteiger partial charge in [-0.25, -0.2) is 0 Å². The van der Waals surface area contributed by atoms with E-state index < -0.39 is 0 Å². The fourth-order valence-electron chi connectivity index (χ4n) is 1.44. The summed E-state index contributed by atoms with van der Waals surface area (Å²) in [7, 11) is 0. The lowest BCUT2D eigenvalue weighted by atomic mass is 10.1. The van der Waals surface area contributed by atoms with E-state index in [0.29, 0.717) is 16.9 Å². The van der Waals surface area contributed by atoms with E-state index in [0.717, 1.165) is 12.8 Å².